The summed E-state index contributed by atoms with van der Waals surface area (Å²) in [6, 6.07) is 4.64. The molecular formula is C19H19FN6O3S. The molecule has 9 nitrogen and oxygen atoms in total. The zero-order chi connectivity index (χ0) is 20.8. The van der Waals surface area contributed by atoms with Gasteiger partial charge in [-0.3, -0.25) is 4.57 Å². The van der Waals surface area contributed by atoms with E-state index in [2.05, 4.69) is 25.5 Å². The molecule has 4 heterocycles. The van der Waals surface area contributed by atoms with Gasteiger partial charge in [0.2, 0.25) is 0 Å². The number of halogens is 1. The van der Waals surface area contributed by atoms with Gasteiger partial charge in [-0.15, -0.1) is 5.10 Å². The van der Waals surface area contributed by atoms with Crippen molar-refractivity contribution in [2.75, 3.05) is 6.54 Å². The minimum absolute atomic E-state index is 0.0521. The number of aromatic hydroxyl groups is 1. The van der Waals surface area contributed by atoms with Gasteiger partial charge >= 0.3 is 5.69 Å². The number of ether oxygens (including phenoxy) is 1. The average Bonchev–Trinajstić information content (AvgIpc) is 3.21. The van der Waals surface area contributed by atoms with E-state index in [4.69, 9.17) is 4.74 Å². The van der Waals surface area contributed by atoms with Crippen molar-refractivity contribution in [1.82, 2.24) is 30.0 Å². The maximum absolute atomic E-state index is 14.6. The highest BCUT2D eigenvalue weighted by atomic mass is 32.1. The van der Waals surface area contributed by atoms with Crippen LogP contribution >= 0.6 is 11.3 Å². The van der Waals surface area contributed by atoms with E-state index in [1.165, 1.54) is 17.0 Å². The number of rotatable bonds is 4. The van der Waals surface area contributed by atoms with Gasteiger partial charge in [0.05, 0.1) is 5.56 Å². The summed E-state index contributed by atoms with van der Waals surface area (Å²) in [6.07, 6.45) is 1.53. The Hall–Kier alpha value is -2.92. The third kappa shape index (κ3) is 3.33. The summed E-state index contributed by atoms with van der Waals surface area (Å²) in [6.45, 7) is 0.744. The van der Waals surface area contributed by atoms with Crippen molar-refractivity contribution in [1.29, 1.82) is 0 Å². The number of aromatic nitrogens is 5. The van der Waals surface area contributed by atoms with Crippen molar-refractivity contribution in [2.24, 2.45) is 13.0 Å². The lowest BCUT2D eigenvalue weighted by Gasteiger charge is -2.44. The Morgan fingerprint density at radius 3 is 2.90 bits per heavy atom. The first kappa shape index (κ1) is 19.1. The van der Waals surface area contributed by atoms with Gasteiger partial charge in [-0.1, -0.05) is 22.5 Å². The third-order valence-electron chi connectivity index (χ3n) is 5.64. The van der Waals surface area contributed by atoms with Gasteiger partial charge in [0, 0.05) is 31.1 Å². The molecule has 0 amide bonds. The molecule has 0 radical (unpaired) electrons. The second-order valence-electron chi connectivity index (χ2n) is 7.56. The fourth-order valence-corrected chi connectivity index (χ4v) is 4.74. The van der Waals surface area contributed by atoms with Crippen LogP contribution in [0.15, 0.2) is 29.3 Å². The van der Waals surface area contributed by atoms with Crippen molar-refractivity contribution in [2.45, 2.75) is 31.2 Å². The summed E-state index contributed by atoms with van der Waals surface area (Å²) in [5.41, 5.74) is 0.520. The molecule has 4 atom stereocenters. The molecule has 6 rings (SSSR count). The highest BCUT2D eigenvalue weighted by Gasteiger charge is 2.46. The summed E-state index contributed by atoms with van der Waals surface area (Å²) in [5, 5.41) is 22.5. The van der Waals surface area contributed by atoms with E-state index in [1.807, 2.05) is 0 Å². The summed E-state index contributed by atoms with van der Waals surface area (Å²) in [7, 11) is 1.56. The molecule has 3 fully saturated rings. The number of aryl methyl sites for hydroxylation is 1. The van der Waals surface area contributed by atoms with Gasteiger partial charge in [0.25, 0.3) is 5.19 Å². The lowest BCUT2D eigenvalue weighted by atomic mass is 9.78. The van der Waals surface area contributed by atoms with Gasteiger partial charge in [-0.25, -0.2) is 14.2 Å². The molecule has 0 spiro atoms. The zero-order valence-corrected chi connectivity index (χ0v) is 16.8. The second-order valence-corrected chi connectivity index (χ2v) is 8.50. The first-order chi connectivity index (χ1) is 14.5. The fraction of sp³-hybridized carbons (Fsp3) is 0.421. The molecule has 156 valence electrons. The van der Waals surface area contributed by atoms with Crippen molar-refractivity contribution >= 4 is 11.3 Å². The van der Waals surface area contributed by atoms with Crippen LogP contribution in [-0.2, 0) is 7.05 Å². The van der Waals surface area contributed by atoms with Crippen molar-refractivity contribution < 1.29 is 14.2 Å². The fourth-order valence-electron chi connectivity index (χ4n) is 3.97. The van der Waals surface area contributed by atoms with Crippen molar-refractivity contribution in [3.05, 3.63) is 35.0 Å². The highest BCUT2D eigenvalue weighted by Crippen LogP contribution is 2.39. The Kier molecular flexibility index (Phi) is 4.70. The van der Waals surface area contributed by atoms with Crippen LogP contribution in [0.5, 0.6) is 10.9 Å². The van der Waals surface area contributed by atoms with Crippen LogP contribution in [0.4, 0.5) is 4.39 Å². The average molecular weight is 430 g/mol. The number of phenolic OH excluding ortho intramolecular Hbond substituents is 1. The lowest BCUT2D eigenvalue weighted by Crippen LogP contribution is -2.61. The minimum atomic E-state index is -1.07. The summed E-state index contributed by atoms with van der Waals surface area (Å²) in [4.78, 5) is 19.7. The monoisotopic (exact) mass is 430 g/mol. The molecule has 2 aliphatic heterocycles. The Labute approximate surface area is 174 Å². The number of nitrogens with zero attached hydrogens (tertiary/aromatic N) is 5. The second kappa shape index (κ2) is 7.40. The number of fused-ring (bicyclic) bond motifs is 3. The van der Waals surface area contributed by atoms with Gasteiger partial charge in [-0.2, -0.15) is 4.98 Å². The molecule has 2 saturated heterocycles. The normalized spacial score (nSPS) is 25.4. The lowest BCUT2D eigenvalue weighted by molar-refractivity contribution is -0.0331. The Morgan fingerprint density at radius 2 is 2.20 bits per heavy atom. The largest absolute Gasteiger partial charge is 0.507 e. The number of nitrogens with one attached hydrogen (secondary N) is 1. The highest BCUT2D eigenvalue weighted by molar-refractivity contribution is 7.16. The number of hydrogen-bond acceptors (Lipinski definition) is 9. The topological polar surface area (TPSA) is 115 Å². The molecule has 2 N–H and O–H groups in total. The zero-order valence-electron chi connectivity index (χ0n) is 16.0. The van der Waals surface area contributed by atoms with Gasteiger partial charge < -0.3 is 15.2 Å². The molecule has 1 aromatic carbocycles. The van der Waals surface area contributed by atoms with E-state index in [0.29, 0.717) is 16.1 Å². The molecule has 3 aromatic rings. The van der Waals surface area contributed by atoms with Gasteiger partial charge in [0.1, 0.15) is 18.2 Å². The van der Waals surface area contributed by atoms with Crippen LogP contribution in [0, 0.1) is 5.92 Å². The van der Waals surface area contributed by atoms with E-state index in [9.17, 15) is 14.3 Å². The van der Waals surface area contributed by atoms with Gasteiger partial charge in [0.15, 0.2) is 17.0 Å². The molecule has 11 heteroatoms. The Bertz CT molecular complexity index is 1140. The minimum Gasteiger partial charge on any atom is -0.507 e. The maximum atomic E-state index is 14.6. The molecule has 2 bridgehead atoms. The standard InChI is InChI=1S/C19H19FN6O3S/c1-26-8-22-16(23-18(26)28)9-2-4-11(13(27)6-9)17-24-25-19(30-17)29-15-10-3-5-12(14(15)20)21-7-10/h2,4,6,8,10,12,14-15,21,27H,3,5,7H2,1H3/t10-,12-,14-,15-/m1/s1. The van der Waals surface area contributed by atoms with E-state index in [0.717, 1.165) is 30.7 Å². The first-order valence-corrected chi connectivity index (χ1v) is 10.4. The Balaban J connectivity index is 1.37. The molecule has 30 heavy (non-hydrogen) atoms. The number of piperidine rings is 2. The van der Waals surface area contributed by atoms with Crippen LogP contribution in [0.3, 0.4) is 0 Å². The summed E-state index contributed by atoms with van der Waals surface area (Å²) >= 11 is 1.15. The van der Waals surface area contributed by atoms with E-state index >= 15 is 0 Å². The predicted octanol–water partition coefficient (Wildman–Crippen LogP) is 1.53. The Morgan fingerprint density at radius 1 is 1.33 bits per heavy atom. The maximum Gasteiger partial charge on any atom is 0.350 e. The van der Waals surface area contributed by atoms with Crippen LogP contribution in [-0.4, -0.2) is 54.7 Å². The summed E-state index contributed by atoms with van der Waals surface area (Å²) < 4.78 is 21.7. The van der Waals surface area contributed by atoms with Crippen LogP contribution in [0.25, 0.3) is 22.0 Å². The quantitative estimate of drug-likeness (QED) is 0.641. The number of phenols is 1. The van der Waals surface area contributed by atoms with Crippen molar-refractivity contribution in [3.63, 3.8) is 0 Å². The molecule has 1 aliphatic carbocycles. The van der Waals surface area contributed by atoms with Crippen molar-refractivity contribution in [3.8, 4) is 32.9 Å². The smallest absolute Gasteiger partial charge is 0.350 e. The molecule has 1 saturated carbocycles. The van der Waals surface area contributed by atoms with Crippen LogP contribution in [0.1, 0.15) is 12.8 Å². The van der Waals surface area contributed by atoms with E-state index in [1.54, 1.807) is 19.2 Å². The number of hydrogen-bond donors (Lipinski definition) is 2. The van der Waals surface area contributed by atoms with Crippen LogP contribution < -0.4 is 15.7 Å². The van der Waals surface area contributed by atoms with Gasteiger partial charge in [-0.05, 0) is 25.0 Å². The van der Waals surface area contributed by atoms with Crippen LogP contribution in [0.2, 0.25) is 0 Å². The number of benzene rings is 1. The third-order valence-corrected chi connectivity index (χ3v) is 6.49. The molecular weight excluding hydrogens is 411 g/mol. The number of alkyl halides is 1. The van der Waals surface area contributed by atoms with E-state index in [-0.39, 0.29) is 28.7 Å². The summed E-state index contributed by atoms with van der Waals surface area (Å²) in [5.74, 6) is 0.281. The molecule has 2 aromatic heterocycles. The van der Waals surface area contributed by atoms with E-state index < -0.39 is 18.0 Å². The molecule has 3 aliphatic rings. The first-order valence-electron chi connectivity index (χ1n) is 9.60. The molecule has 0 unspecified atom stereocenters. The predicted molar refractivity (Wildman–Crippen MR) is 107 cm³/mol. The SMILES string of the molecule is Cn1cnc(-c2ccc(-c3nnc(O[C@@H]4[C@@H]5CC[C@@H](NC5)[C@H]4F)s3)c(O)c2)nc1=O.